The summed E-state index contributed by atoms with van der Waals surface area (Å²) >= 11 is 0. The van der Waals surface area contributed by atoms with E-state index in [1.54, 1.807) is 5.06 Å². The van der Waals surface area contributed by atoms with Gasteiger partial charge in [-0.15, -0.1) is 0 Å². The van der Waals surface area contributed by atoms with Crippen LogP contribution in [-0.2, 0) is 0 Å². The van der Waals surface area contributed by atoms with E-state index >= 15 is 0 Å². The molecule has 0 aromatic heterocycles. The largest absolute Gasteiger partial charge is 0.287 e. The molecule has 8 fully saturated rings. The molecule has 8 aliphatic rings. The first-order chi connectivity index (χ1) is 12.1. The average molecular weight is 343 g/mol. The number of rotatable bonds is 2. The van der Waals surface area contributed by atoms with Crippen LogP contribution in [-0.4, -0.2) is 28.2 Å². The van der Waals surface area contributed by atoms with Crippen LogP contribution in [0.4, 0.5) is 0 Å². The summed E-state index contributed by atoms with van der Waals surface area (Å²) < 4.78 is 0. The SMILES string of the molecule is CC(=NC1C2CC3CC(C2)CC1C3)N(O)C1C2CC3CC(C2)CC1C3. The van der Waals surface area contributed by atoms with Gasteiger partial charge in [0.1, 0.15) is 5.84 Å². The Morgan fingerprint density at radius 3 is 1.52 bits per heavy atom. The van der Waals surface area contributed by atoms with Gasteiger partial charge < -0.3 is 0 Å². The lowest BCUT2D eigenvalue weighted by Crippen LogP contribution is -2.56. The molecule has 3 nitrogen and oxygen atoms in total. The second-order valence-corrected chi connectivity index (χ2v) is 10.9. The number of hydrogen-bond acceptors (Lipinski definition) is 2. The first-order valence-electron chi connectivity index (χ1n) is 11.2. The van der Waals surface area contributed by atoms with E-state index < -0.39 is 0 Å². The van der Waals surface area contributed by atoms with Crippen LogP contribution in [0.2, 0.25) is 0 Å². The van der Waals surface area contributed by atoms with Crippen LogP contribution in [0.3, 0.4) is 0 Å². The van der Waals surface area contributed by atoms with Crippen molar-refractivity contribution in [3.63, 3.8) is 0 Å². The standard InChI is InChI=1S/C22H34N2O/c1-12(23-21-17-4-13-2-14(6-17)7-18(21)5-13)24(25)22-19-8-15-3-16(10-19)11-20(22)9-15/h13-22,25H,2-11H2,1H3. The fourth-order valence-corrected chi connectivity index (χ4v) is 8.89. The molecule has 0 spiro atoms. The zero-order valence-electron chi connectivity index (χ0n) is 15.7. The van der Waals surface area contributed by atoms with Crippen molar-refractivity contribution in [2.75, 3.05) is 0 Å². The van der Waals surface area contributed by atoms with Crippen LogP contribution in [0.15, 0.2) is 4.99 Å². The summed E-state index contributed by atoms with van der Waals surface area (Å²) in [4.78, 5) is 5.20. The van der Waals surface area contributed by atoms with E-state index in [0.29, 0.717) is 12.1 Å². The number of aliphatic imine (C=N–C) groups is 1. The minimum atomic E-state index is 0.369. The Kier molecular flexibility index (Phi) is 3.39. The maximum absolute atomic E-state index is 11.1. The molecule has 0 heterocycles. The van der Waals surface area contributed by atoms with Crippen LogP contribution >= 0.6 is 0 Å². The molecular formula is C22H34N2O. The Morgan fingerprint density at radius 2 is 1.08 bits per heavy atom. The molecule has 0 aliphatic heterocycles. The van der Waals surface area contributed by atoms with Crippen LogP contribution in [0, 0.1) is 47.3 Å². The van der Waals surface area contributed by atoms with Gasteiger partial charge in [0.2, 0.25) is 0 Å². The zero-order chi connectivity index (χ0) is 16.7. The first kappa shape index (κ1) is 15.5. The van der Waals surface area contributed by atoms with Gasteiger partial charge in [0.05, 0.1) is 12.1 Å². The Balaban J connectivity index is 1.22. The van der Waals surface area contributed by atoms with Crippen molar-refractivity contribution >= 4 is 5.84 Å². The maximum Gasteiger partial charge on any atom is 0.121 e. The normalized spacial score (nSPS) is 55.8. The molecule has 0 radical (unpaired) electrons. The zero-order valence-corrected chi connectivity index (χ0v) is 15.7. The van der Waals surface area contributed by atoms with E-state index in [1.165, 1.54) is 64.2 Å². The van der Waals surface area contributed by atoms with Crippen molar-refractivity contribution in [3.05, 3.63) is 0 Å². The monoisotopic (exact) mass is 342 g/mol. The summed E-state index contributed by atoms with van der Waals surface area (Å²) in [6.45, 7) is 2.09. The van der Waals surface area contributed by atoms with Crippen LogP contribution in [0.25, 0.3) is 0 Å². The molecule has 0 atom stereocenters. The third kappa shape index (κ3) is 2.37. The van der Waals surface area contributed by atoms with Crippen molar-refractivity contribution in [1.29, 1.82) is 0 Å². The van der Waals surface area contributed by atoms with Gasteiger partial charge in [-0.05, 0) is 118 Å². The smallest absolute Gasteiger partial charge is 0.121 e. The third-order valence-corrected chi connectivity index (χ3v) is 9.30. The Labute approximate surface area is 152 Å². The van der Waals surface area contributed by atoms with Crippen LogP contribution in [0.5, 0.6) is 0 Å². The summed E-state index contributed by atoms with van der Waals surface area (Å²) in [6.07, 6.45) is 14.1. The van der Waals surface area contributed by atoms with Gasteiger partial charge >= 0.3 is 0 Å². The molecule has 0 saturated heterocycles. The molecule has 8 rings (SSSR count). The third-order valence-electron chi connectivity index (χ3n) is 9.30. The fraction of sp³-hybridized carbons (Fsp3) is 0.955. The van der Waals surface area contributed by atoms with Crippen molar-refractivity contribution in [2.24, 2.45) is 52.3 Å². The lowest BCUT2D eigenvalue weighted by molar-refractivity contribution is -0.150. The quantitative estimate of drug-likeness (QED) is 0.447. The highest BCUT2D eigenvalue weighted by atomic mass is 16.5. The molecule has 138 valence electrons. The molecule has 1 N–H and O–H groups in total. The second-order valence-electron chi connectivity index (χ2n) is 10.9. The lowest BCUT2D eigenvalue weighted by Gasteiger charge is -2.56. The topological polar surface area (TPSA) is 35.8 Å². The highest BCUT2D eigenvalue weighted by Crippen LogP contribution is 2.56. The highest BCUT2D eigenvalue weighted by molar-refractivity contribution is 5.79. The van der Waals surface area contributed by atoms with Gasteiger partial charge in [0, 0.05) is 0 Å². The first-order valence-corrected chi connectivity index (χ1v) is 11.2. The van der Waals surface area contributed by atoms with Crippen molar-refractivity contribution in [2.45, 2.75) is 83.2 Å². The van der Waals surface area contributed by atoms with Crippen molar-refractivity contribution in [3.8, 4) is 0 Å². The predicted octanol–water partition coefficient (Wildman–Crippen LogP) is 4.75. The highest BCUT2D eigenvalue weighted by Gasteiger charge is 2.51. The Hall–Kier alpha value is -0.570. The van der Waals surface area contributed by atoms with Gasteiger partial charge in [-0.1, -0.05) is 0 Å². The summed E-state index contributed by atoms with van der Waals surface area (Å²) in [6, 6.07) is 0.882. The van der Waals surface area contributed by atoms with E-state index in [4.69, 9.17) is 4.99 Å². The Bertz CT molecular complexity index is 529. The summed E-state index contributed by atoms with van der Waals surface area (Å²) in [7, 11) is 0. The predicted molar refractivity (Wildman–Crippen MR) is 98.4 cm³/mol. The van der Waals surface area contributed by atoms with Crippen molar-refractivity contribution in [1.82, 2.24) is 5.06 Å². The molecule has 25 heavy (non-hydrogen) atoms. The maximum atomic E-state index is 11.1. The van der Waals surface area contributed by atoms with E-state index in [9.17, 15) is 5.21 Å². The van der Waals surface area contributed by atoms with Gasteiger partial charge in [-0.3, -0.25) is 10.2 Å². The minimum absolute atomic E-state index is 0.369. The molecule has 8 saturated carbocycles. The summed E-state index contributed by atoms with van der Waals surface area (Å²) in [5, 5.41) is 12.8. The van der Waals surface area contributed by atoms with Crippen molar-refractivity contribution < 1.29 is 5.21 Å². The Morgan fingerprint density at radius 1 is 0.680 bits per heavy atom. The molecular weight excluding hydrogens is 308 g/mol. The number of nitrogens with zero attached hydrogens (tertiary/aromatic N) is 2. The molecule has 0 aromatic carbocycles. The number of hydrogen-bond donors (Lipinski definition) is 1. The van der Waals surface area contributed by atoms with Gasteiger partial charge in [-0.2, -0.15) is 0 Å². The lowest BCUT2D eigenvalue weighted by atomic mass is 9.54. The average Bonchev–Trinajstić information content (AvgIpc) is 2.56. The van der Waals surface area contributed by atoms with E-state index in [1.807, 2.05) is 0 Å². The second kappa shape index (κ2) is 5.47. The molecule has 8 aliphatic carbocycles. The fourth-order valence-electron chi connectivity index (χ4n) is 8.89. The minimum Gasteiger partial charge on any atom is -0.287 e. The summed E-state index contributed by atoms with van der Waals surface area (Å²) in [5.41, 5.74) is 0. The molecule has 8 bridgehead atoms. The molecule has 0 unspecified atom stereocenters. The van der Waals surface area contributed by atoms with Gasteiger partial charge in [0.25, 0.3) is 0 Å². The van der Waals surface area contributed by atoms with Gasteiger partial charge in [0.15, 0.2) is 0 Å². The number of hydroxylamine groups is 2. The molecule has 3 heteroatoms. The summed E-state index contributed by atoms with van der Waals surface area (Å²) in [5.74, 6) is 7.97. The van der Waals surface area contributed by atoms with Crippen LogP contribution in [0.1, 0.15) is 71.1 Å². The van der Waals surface area contributed by atoms with E-state index in [0.717, 1.165) is 53.2 Å². The number of amidine groups is 1. The van der Waals surface area contributed by atoms with E-state index in [2.05, 4.69) is 6.92 Å². The van der Waals surface area contributed by atoms with Crippen LogP contribution < -0.4 is 0 Å². The molecule has 0 amide bonds. The van der Waals surface area contributed by atoms with Gasteiger partial charge in [-0.25, -0.2) is 5.06 Å². The van der Waals surface area contributed by atoms with E-state index in [-0.39, 0.29) is 0 Å². The molecule has 0 aromatic rings.